The Kier molecular flexibility index (Phi) is 6.14. The van der Waals surface area contributed by atoms with Crippen LogP contribution in [0.25, 0.3) is 0 Å². The maximum Gasteiger partial charge on any atom is 0.269 e. The quantitative estimate of drug-likeness (QED) is 0.358. The summed E-state index contributed by atoms with van der Waals surface area (Å²) in [5.41, 5.74) is 0.409. The zero-order valence-corrected chi connectivity index (χ0v) is 10.7. The van der Waals surface area contributed by atoms with E-state index in [1.54, 1.807) is 0 Å². The van der Waals surface area contributed by atoms with Crippen molar-refractivity contribution in [1.82, 2.24) is 5.32 Å². The van der Waals surface area contributed by atoms with Crippen molar-refractivity contribution in [2.45, 2.75) is 19.3 Å². The van der Waals surface area contributed by atoms with Crippen molar-refractivity contribution in [1.29, 1.82) is 0 Å². The van der Waals surface area contributed by atoms with Crippen LogP contribution in [0.1, 0.15) is 29.6 Å². The Labute approximate surface area is 110 Å². The third-order valence-corrected chi connectivity index (χ3v) is 2.70. The number of non-ortho nitro benzene ring substituents is 1. The second-order valence-corrected chi connectivity index (χ2v) is 4.19. The summed E-state index contributed by atoms with van der Waals surface area (Å²) in [4.78, 5) is 21.6. The van der Waals surface area contributed by atoms with Crippen molar-refractivity contribution < 1.29 is 9.72 Å². The molecule has 1 aromatic rings. The zero-order chi connectivity index (χ0) is 13.4. The van der Waals surface area contributed by atoms with Gasteiger partial charge >= 0.3 is 0 Å². The van der Waals surface area contributed by atoms with Crippen molar-refractivity contribution in [2.24, 2.45) is 0 Å². The number of amides is 1. The van der Waals surface area contributed by atoms with Gasteiger partial charge in [-0.15, -0.1) is 11.6 Å². The molecule has 0 aliphatic heterocycles. The van der Waals surface area contributed by atoms with E-state index < -0.39 is 4.92 Å². The number of nitro benzene ring substituents is 1. The number of hydrogen-bond donors (Lipinski definition) is 1. The molecule has 0 fully saturated rings. The molecule has 0 spiro atoms. The Hall–Kier alpha value is -1.62. The molecule has 98 valence electrons. The number of hydrogen-bond acceptors (Lipinski definition) is 3. The van der Waals surface area contributed by atoms with E-state index >= 15 is 0 Å². The van der Waals surface area contributed by atoms with Gasteiger partial charge in [0.2, 0.25) is 0 Å². The normalized spacial score (nSPS) is 10.1. The lowest BCUT2D eigenvalue weighted by molar-refractivity contribution is -0.384. The molecule has 0 heterocycles. The van der Waals surface area contributed by atoms with Crippen molar-refractivity contribution >= 4 is 23.2 Å². The number of halogens is 1. The number of nitrogens with zero attached hydrogens (tertiary/aromatic N) is 1. The van der Waals surface area contributed by atoms with E-state index in [2.05, 4.69) is 5.32 Å². The van der Waals surface area contributed by atoms with Crippen LogP contribution < -0.4 is 5.32 Å². The first-order valence-electron chi connectivity index (χ1n) is 5.74. The molecule has 1 aromatic carbocycles. The molecule has 0 saturated carbocycles. The summed E-state index contributed by atoms with van der Waals surface area (Å²) in [5, 5.41) is 13.2. The van der Waals surface area contributed by atoms with Gasteiger partial charge in [-0.25, -0.2) is 0 Å². The average Bonchev–Trinajstić information content (AvgIpc) is 2.38. The first kappa shape index (κ1) is 14.4. The third-order valence-electron chi connectivity index (χ3n) is 2.44. The summed E-state index contributed by atoms with van der Waals surface area (Å²) >= 11 is 5.54. The van der Waals surface area contributed by atoms with Crippen LogP contribution in [0.3, 0.4) is 0 Å². The number of nitrogens with one attached hydrogen (secondary N) is 1. The average molecular weight is 271 g/mol. The van der Waals surface area contributed by atoms with Gasteiger partial charge in [0, 0.05) is 30.1 Å². The van der Waals surface area contributed by atoms with E-state index in [0.29, 0.717) is 18.0 Å². The monoisotopic (exact) mass is 270 g/mol. The van der Waals surface area contributed by atoms with Crippen LogP contribution in [0.2, 0.25) is 0 Å². The molecule has 1 rings (SSSR count). The fourth-order valence-electron chi connectivity index (χ4n) is 1.43. The van der Waals surface area contributed by atoms with Crippen LogP contribution >= 0.6 is 11.6 Å². The Morgan fingerprint density at radius 3 is 2.44 bits per heavy atom. The third kappa shape index (κ3) is 4.71. The van der Waals surface area contributed by atoms with E-state index in [0.717, 1.165) is 19.3 Å². The van der Waals surface area contributed by atoms with Gasteiger partial charge in [-0.3, -0.25) is 14.9 Å². The van der Waals surface area contributed by atoms with E-state index in [1.807, 2.05) is 0 Å². The number of rotatable bonds is 7. The number of carbonyl (C=O) groups is 1. The molecule has 18 heavy (non-hydrogen) atoms. The molecule has 0 atom stereocenters. The Balaban J connectivity index is 2.39. The molecule has 5 nitrogen and oxygen atoms in total. The van der Waals surface area contributed by atoms with Crippen LogP contribution in [0, 0.1) is 10.1 Å². The molecule has 6 heteroatoms. The van der Waals surface area contributed by atoms with Gasteiger partial charge in [0.15, 0.2) is 0 Å². The summed E-state index contributed by atoms with van der Waals surface area (Å²) in [6.45, 7) is 0.590. The van der Waals surface area contributed by atoms with Gasteiger partial charge in [-0.2, -0.15) is 0 Å². The molecule has 0 aromatic heterocycles. The van der Waals surface area contributed by atoms with E-state index in [1.165, 1.54) is 24.3 Å². The lowest BCUT2D eigenvalue weighted by Crippen LogP contribution is -2.24. The topological polar surface area (TPSA) is 72.2 Å². The predicted molar refractivity (Wildman–Crippen MR) is 70.0 cm³/mol. The minimum atomic E-state index is -0.492. The fourth-order valence-corrected chi connectivity index (χ4v) is 1.62. The van der Waals surface area contributed by atoms with Gasteiger partial charge in [-0.05, 0) is 25.0 Å². The molecule has 0 bridgehead atoms. The second kappa shape index (κ2) is 7.66. The Morgan fingerprint density at radius 1 is 1.22 bits per heavy atom. The van der Waals surface area contributed by atoms with E-state index in [4.69, 9.17) is 11.6 Å². The standard InChI is InChI=1S/C12H15ClN2O3/c13-8-2-1-3-9-14-12(16)10-4-6-11(7-5-10)15(17)18/h4-7H,1-3,8-9H2,(H,14,16). The smallest absolute Gasteiger partial charge is 0.269 e. The first-order valence-corrected chi connectivity index (χ1v) is 6.27. The number of alkyl halides is 1. The van der Waals surface area contributed by atoms with Gasteiger partial charge in [-0.1, -0.05) is 6.42 Å². The highest BCUT2D eigenvalue weighted by molar-refractivity contribution is 6.17. The van der Waals surface area contributed by atoms with Crippen molar-refractivity contribution in [2.75, 3.05) is 12.4 Å². The molecular formula is C12H15ClN2O3. The molecule has 0 unspecified atom stereocenters. The van der Waals surface area contributed by atoms with Crippen LogP contribution in [0.15, 0.2) is 24.3 Å². The minimum absolute atomic E-state index is 0.0198. The minimum Gasteiger partial charge on any atom is -0.352 e. The maximum absolute atomic E-state index is 11.7. The van der Waals surface area contributed by atoms with Crippen LogP contribution in [-0.2, 0) is 0 Å². The number of nitro groups is 1. The maximum atomic E-state index is 11.7. The number of carbonyl (C=O) groups excluding carboxylic acids is 1. The Bertz CT molecular complexity index is 406. The predicted octanol–water partition coefficient (Wildman–Crippen LogP) is 2.73. The van der Waals surface area contributed by atoms with E-state index in [9.17, 15) is 14.9 Å². The fraction of sp³-hybridized carbons (Fsp3) is 0.417. The molecule has 0 saturated heterocycles. The second-order valence-electron chi connectivity index (χ2n) is 3.81. The van der Waals surface area contributed by atoms with Gasteiger partial charge in [0.1, 0.15) is 0 Å². The molecule has 1 amide bonds. The first-order chi connectivity index (χ1) is 8.65. The van der Waals surface area contributed by atoms with Gasteiger partial charge in [0.05, 0.1) is 4.92 Å². The van der Waals surface area contributed by atoms with Crippen molar-refractivity contribution in [3.8, 4) is 0 Å². The summed E-state index contributed by atoms with van der Waals surface area (Å²) in [5.74, 6) is 0.423. The molecule has 1 N–H and O–H groups in total. The summed E-state index contributed by atoms with van der Waals surface area (Å²) in [6.07, 6.45) is 2.80. The number of unbranched alkanes of at least 4 members (excludes halogenated alkanes) is 2. The molecular weight excluding hydrogens is 256 g/mol. The lowest BCUT2D eigenvalue weighted by Gasteiger charge is -2.04. The highest BCUT2D eigenvalue weighted by atomic mass is 35.5. The summed E-state index contributed by atoms with van der Waals surface area (Å²) < 4.78 is 0. The number of benzene rings is 1. The van der Waals surface area contributed by atoms with Crippen LogP contribution in [-0.4, -0.2) is 23.3 Å². The van der Waals surface area contributed by atoms with Crippen molar-refractivity contribution in [3.63, 3.8) is 0 Å². The molecule has 0 radical (unpaired) electrons. The van der Waals surface area contributed by atoms with Gasteiger partial charge < -0.3 is 5.32 Å². The van der Waals surface area contributed by atoms with Crippen molar-refractivity contribution in [3.05, 3.63) is 39.9 Å². The van der Waals surface area contributed by atoms with Crippen LogP contribution in [0.4, 0.5) is 5.69 Å². The highest BCUT2D eigenvalue weighted by Gasteiger charge is 2.08. The molecule has 0 aliphatic rings. The van der Waals surface area contributed by atoms with Gasteiger partial charge in [0.25, 0.3) is 11.6 Å². The SMILES string of the molecule is O=C(NCCCCCCl)c1ccc([N+](=O)[O-])cc1. The molecule has 0 aliphatic carbocycles. The lowest BCUT2D eigenvalue weighted by atomic mass is 10.2. The summed E-state index contributed by atoms with van der Waals surface area (Å²) in [6, 6.07) is 5.54. The van der Waals surface area contributed by atoms with E-state index in [-0.39, 0.29) is 11.6 Å². The highest BCUT2D eigenvalue weighted by Crippen LogP contribution is 2.11. The Morgan fingerprint density at radius 2 is 1.89 bits per heavy atom. The largest absolute Gasteiger partial charge is 0.352 e. The van der Waals surface area contributed by atoms with Crippen LogP contribution in [0.5, 0.6) is 0 Å². The zero-order valence-electron chi connectivity index (χ0n) is 9.89. The summed E-state index contributed by atoms with van der Waals surface area (Å²) in [7, 11) is 0.